The average Bonchev–Trinajstić information content (AvgIpc) is 2.48. The predicted octanol–water partition coefficient (Wildman–Crippen LogP) is -0.954. The smallest absolute Gasteiger partial charge is 0.397 e. The zero-order valence-corrected chi connectivity index (χ0v) is 18.9. The quantitative estimate of drug-likeness (QED) is 0.228. The van der Waals surface area contributed by atoms with Gasteiger partial charge in [0.05, 0.1) is 36.2 Å². The Hall–Kier alpha value is -1.34. The molecule has 1 aromatic rings. The highest BCUT2D eigenvalue weighted by molar-refractivity contribution is 7.91. The van der Waals surface area contributed by atoms with E-state index < -0.39 is 76.7 Å². The standard InChI is InChI=1S/C13H21NO12S4/c1-10-11(8-27(15,16)4-2-25-29(19,20)21)6-13(14)7-12(10)9-28(17,18)5-3-26-30(22,23)24/h6-7H,2-5,8-9,14H2,1H3,(H,19,20,21)(H,22,23,24). The number of hydrogen-bond acceptors (Lipinski definition) is 11. The maximum absolute atomic E-state index is 12.2. The van der Waals surface area contributed by atoms with Crippen molar-refractivity contribution < 1.29 is 51.1 Å². The van der Waals surface area contributed by atoms with Crippen LogP contribution < -0.4 is 5.73 Å². The van der Waals surface area contributed by atoms with Gasteiger partial charge in [-0.1, -0.05) is 0 Å². The van der Waals surface area contributed by atoms with Crippen LogP contribution in [0.3, 0.4) is 0 Å². The third kappa shape index (κ3) is 10.6. The van der Waals surface area contributed by atoms with Crippen molar-refractivity contribution in [3.05, 3.63) is 28.8 Å². The molecular formula is C13H21NO12S4. The first-order valence-corrected chi connectivity index (χ1v) is 14.3. The minimum atomic E-state index is -4.79. The van der Waals surface area contributed by atoms with Crippen LogP contribution in [0.15, 0.2) is 12.1 Å². The van der Waals surface area contributed by atoms with Crippen molar-refractivity contribution in [2.75, 3.05) is 30.5 Å². The molecule has 0 aromatic heterocycles. The highest BCUT2D eigenvalue weighted by atomic mass is 32.3. The summed E-state index contributed by atoms with van der Waals surface area (Å²) >= 11 is 0. The molecule has 0 radical (unpaired) electrons. The molecule has 0 fully saturated rings. The number of nitrogen functional groups attached to an aromatic ring is 1. The molecular weight excluding hydrogens is 490 g/mol. The highest BCUT2D eigenvalue weighted by Crippen LogP contribution is 2.23. The summed E-state index contributed by atoms with van der Waals surface area (Å²) in [6.07, 6.45) is 0. The maximum Gasteiger partial charge on any atom is 0.397 e. The molecule has 0 aliphatic rings. The van der Waals surface area contributed by atoms with Gasteiger partial charge in [-0.3, -0.25) is 9.11 Å². The summed E-state index contributed by atoms with van der Waals surface area (Å²) in [7, 11) is -17.4. The fourth-order valence-electron chi connectivity index (χ4n) is 2.32. The summed E-state index contributed by atoms with van der Waals surface area (Å²) < 4.78 is 116. The summed E-state index contributed by atoms with van der Waals surface area (Å²) in [4.78, 5) is 0. The van der Waals surface area contributed by atoms with Gasteiger partial charge < -0.3 is 5.73 Å². The molecule has 1 aromatic carbocycles. The zero-order valence-electron chi connectivity index (χ0n) is 15.6. The van der Waals surface area contributed by atoms with E-state index in [0.29, 0.717) is 5.56 Å². The van der Waals surface area contributed by atoms with E-state index in [2.05, 4.69) is 8.37 Å². The fraction of sp³-hybridized carbons (Fsp3) is 0.538. The summed E-state index contributed by atoms with van der Waals surface area (Å²) in [6.45, 7) is -0.159. The van der Waals surface area contributed by atoms with Gasteiger partial charge in [0.2, 0.25) is 0 Å². The summed E-state index contributed by atoms with van der Waals surface area (Å²) in [5.41, 5.74) is 6.42. The Morgan fingerprint density at radius 2 is 1.10 bits per heavy atom. The molecule has 13 nitrogen and oxygen atoms in total. The van der Waals surface area contributed by atoms with Crippen LogP contribution in [0.25, 0.3) is 0 Å². The van der Waals surface area contributed by atoms with E-state index in [1.807, 2.05) is 0 Å². The Morgan fingerprint density at radius 3 is 1.40 bits per heavy atom. The van der Waals surface area contributed by atoms with Crippen LogP contribution in [0, 0.1) is 6.92 Å². The van der Waals surface area contributed by atoms with Gasteiger partial charge in [-0.2, -0.15) is 16.8 Å². The molecule has 0 atom stereocenters. The number of benzene rings is 1. The van der Waals surface area contributed by atoms with Crippen molar-refractivity contribution in [2.45, 2.75) is 18.4 Å². The van der Waals surface area contributed by atoms with Crippen LogP contribution in [0.2, 0.25) is 0 Å². The van der Waals surface area contributed by atoms with Crippen LogP contribution in [0.1, 0.15) is 16.7 Å². The number of sulfone groups is 2. The lowest BCUT2D eigenvalue weighted by atomic mass is 10.0. The minimum absolute atomic E-state index is 0.0689. The lowest BCUT2D eigenvalue weighted by Crippen LogP contribution is -2.19. The van der Waals surface area contributed by atoms with Crippen molar-refractivity contribution in [3.63, 3.8) is 0 Å². The molecule has 0 amide bonds. The third-order valence-electron chi connectivity index (χ3n) is 3.65. The Kier molecular flexibility index (Phi) is 8.77. The summed E-state index contributed by atoms with van der Waals surface area (Å²) in [5.74, 6) is -2.67. The Morgan fingerprint density at radius 1 is 0.767 bits per heavy atom. The van der Waals surface area contributed by atoms with Gasteiger partial charge in [0.15, 0.2) is 19.7 Å². The SMILES string of the molecule is Cc1c(CS(=O)(=O)CCOS(=O)(=O)O)cc(N)cc1CS(=O)(=O)CCOS(=O)(=O)O. The Balaban J connectivity index is 2.98. The first kappa shape index (κ1) is 26.7. The van der Waals surface area contributed by atoms with Crippen LogP contribution >= 0.6 is 0 Å². The van der Waals surface area contributed by atoms with Gasteiger partial charge in [0.25, 0.3) is 0 Å². The molecule has 0 unspecified atom stereocenters. The molecule has 0 saturated heterocycles. The third-order valence-corrected chi connectivity index (χ3v) is 7.66. The van der Waals surface area contributed by atoms with Gasteiger partial charge in [-0.25, -0.2) is 25.2 Å². The summed E-state index contributed by atoms with van der Waals surface area (Å²) in [5, 5.41) is 0. The molecule has 17 heteroatoms. The molecule has 0 heterocycles. The number of hydrogen-bond donors (Lipinski definition) is 3. The van der Waals surface area contributed by atoms with E-state index in [1.165, 1.54) is 19.1 Å². The second-order valence-electron chi connectivity index (χ2n) is 6.15. The van der Waals surface area contributed by atoms with Crippen molar-refractivity contribution in [1.82, 2.24) is 0 Å². The normalized spacial score (nSPS) is 13.4. The van der Waals surface area contributed by atoms with Crippen LogP contribution in [0.5, 0.6) is 0 Å². The first-order chi connectivity index (χ1) is 13.4. The van der Waals surface area contributed by atoms with E-state index in [-0.39, 0.29) is 16.8 Å². The monoisotopic (exact) mass is 511 g/mol. The molecule has 4 N–H and O–H groups in total. The van der Waals surface area contributed by atoms with Crippen LogP contribution in [-0.2, 0) is 60.3 Å². The predicted molar refractivity (Wildman–Crippen MR) is 106 cm³/mol. The largest absolute Gasteiger partial charge is 0.399 e. The van der Waals surface area contributed by atoms with Gasteiger partial charge >= 0.3 is 20.8 Å². The van der Waals surface area contributed by atoms with Gasteiger partial charge in [-0.15, -0.1) is 0 Å². The van der Waals surface area contributed by atoms with Crippen molar-refractivity contribution in [3.8, 4) is 0 Å². The van der Waals surface area contributed by atoms with E-state index in [4.69, 9.17) is 14.8 Å². The zero-order chi connectivity index (χ0) is 23.4. The second-order valence-corrected chi connectivity index (χ2v) is 12.7. The lowest BCUT2D eigenvalue weighted by Gasteiger charge is -2.14. The van der Waals surface area contributed by atoms with E-state index >= 15 is 0 Å². The van der Waals surface area contributed by atoms with Gasteiger partial charge in [0.1, 0.15) is 0 Å². The molecule has 0 aliphatic carbocycles. The number of anilines is 1. The Bertz CT molecular complexity index is 1090. The number of nitrogens with two attached hydrogens (primary N) is 1. The van der Waals surface area contributed by atoms with Crippen LogP contribution in [-0.4, -0.2) is 67.5 Å². The molecule has 0 spiro atoms. The average molecular weight is 512 g/mol. The first-order valence-electron chi connectivity index (χ1n) is 7.91. The van der Waals surface area contributed by atoms with Gasteiger partial charge in [0, 0.05) is 5.69 Å². The topological polar surface area (TPSA) is 221 Å². The maximum atomic E-state index is 12.2. The van der Waals surface area contributed by atoms with Gasteiger partial charge in [-0.05, 0) is 35.7 Å². The van der Waals surface area contributed by atoms with Crippen molar-refractivity contribution in [1.29, 1.82) is 0 Å². The van der Waals surface area contributed by atoms with Crippen LogP contribution in [0.4, 0.5) is 5.69 Å². The molecule has 30 heavy (non-hydrogen) atoms. The fourth-order valence-corrected chi connectivity index (χ4v) is 5.63. The van der Waals surface area contributed by atoms with E-state index in [9.17, 15) is 33.7 Å². The molecule has 174 valence electrons. The van der Waals surface area contributed by atoms with Crippen molar-refractivity contribution in [2.24, 2.45) is 0 Å². The molecule has 0 saturated carbocycles. The second kappa shape index (κ2) is 9.86. The minimum Gasteiger partial charge on any atom is -0.399 e. The van der Waals surface area contributed by atoms with E-state index in [1.54, 1.807) is 0 Å². The summed E-state index contributed by atoms with van der Waals surface area (Å²) in [6, 6.07) is 2.63. The molecule has 0 bridgehead atoms. The number of rotatable bonds is 12. The van der Waals surface area contributed by atoms with Crippen molar-refractivity contribution >= 4 is 46.2 Å². The molecule has 1 rings (SSSR count). The van der Waals surface area contributed by atoms with E-state index in [0.717, 1.165) is 0 Å². The highest BCUT2D eigenvalue weighted by Gasteiger charge is 2.20. The lowest BCUT2D eigenvalue weighted by molar-refractivity contribution is 0.282. The molecule has 0 aliphatic heterocycles. The Labute approximate surface area is 174 Å².